The second-order valence-corrected chi connectivity index (χ2v) is 5.09. The van der Waals surface area contributed by atoms with Gasteiger partial charge in [-0.25, -0.2) is 9.29 Å². The first-order chi connectivity index (χ1) is 10.5. The summed E-state index contributed by atoms with van der Waals surface area (Å²) in [5.74, 6) is -2.67. The molecule has 110 valence electrons. The highest BCUT2D eigenvalue weighted by molar-refractivity contribution is 6.45. The van der Waals surface area contributed by atoms with Crippen molar-refractivity contribution in [1.29, 1.82) is 0 Å². The summed E-state index contributed by atoms with van der Waals surface area (Å²) in [6, 6.07) is 11.1. The molecule has 22 heavy (non-hydrogen) atoms. The molecule has 1 aliphatic heterocycles. The van der Waals surface area contributed by atoms with E-state index < -0.39 is 23.4 Å². The van der Waals surface area contributed by atoms with Crippen molar-refractivity contribution < 1.29 is 19.1 Å². The molecule has 0 unspecified atom stereocenters. The van der Waals surface area contributed by atoms with Gasteiger partial charge < -0.3 is 5.11 Å². The molecule has 2 amide bonds. The summed E-state index contributed by atoms with van der Waals surface area (Å²) in [6.45, 7) is 0. The van der Waals surface area contributed by atoms with Crippen molar-refractivity contribution in [2.75, 3.05) is 4.90 Å². The summed E-state index contributed by atoms with van der Waals surface area (Å²) in [6.07, 6.45) is 0. The lowest BCUT2D eigenvalue weighted by Gasteiger charge is -2.14. The normalized spacial score (nSPS) is 14.9. The summed E-state index contributed by atoms with van der Waals surface area (Å²) >= 11 is 5.86. The molecule has 0 saturated carbocycles. The summed E-state index contributed by atoms with van der Waals surface area (Å²) in [5, 5.41) is 10.3. The van der Waals surface area contributed by atoms with Gasteiger partial charge in [0, 0.05) is 5.02 Å². The molecule has 6 heteroatoms. The fourth-order valence-corrected chi connectivity index (χ4v) is 2.43. The van der Waals surface area contributed by atoms with E-state index in [1.165, 1.54) is 24.3 Å². The highest BCUT2D eigenvalue weighted by Crippen LogP contribution is 2.32. The van der Waals surface area contributed by atoms with Crippen molar-refractivity contribution in [2.24, 2.45) is 0 Å². The zero-order chi connectivity index (χ0) is 15.9. The molecule has 1 aliphatic rings. The van der Waals surface area contributed by atoms with E-state index >= 15 is 0 Å². The van der Waals surface area contributed by atoms with Gasteiger partial charge in [-0.2, -0.15) is 0 Å². The predicted octanol–water partition coefficient (Wildman–Crippen LogP) is 3.32. The lowest BCUT2D eigenvalue weighted by molar-refractivity contribution is -0.121. The lowest BCUT2D eigenvalue weighted by atomic mass is 10.1. The molecule has 0 aromatic heterocycles. The van der Waals surface area contributed by atoms with Crippen molar-refractivity contribution in [2.45, 2.75) is 0 Å². The zero-order valence-electron chi connectivity index (χ0n) is 11.1. The maximum absolute atomic E-state index is 13.0. The fourth-order valence-electron chi connectivity index (χ4n) is 2.24. The maximum Gasteiger partial charge on any atom is 0.301 e. The number of anilines is 1. The van der Waals surface area contributed by atoms with Crippen LogP contribution in [0.25, 0.3) is 5.57 Å². The van der Waals surface area contributed by atoms with Crippen LogP contribution < -0.4 is 4.90 Å². The number of aliphatic hydroxyl groups excluding tert-OH is 1. The Labute approximate surface area is 130 Å². The molecule has 0 fully saturated rings. The number of hydrogen-bond donors (Lipinski definition) is 1. The van der Waals surface area contributed by atoms with Crippen molar-refractivity contribution in [3.63, 3.8) is 0 Å². The molecule has 1 heterocycles. The Morgan fingerprint density at radius 2 is 1.68 bits per heavy atom. The average molecular weight is 318 g/mol. The van der Waals surface area contributed by atoms with Gasteiger partial charge in [-0.15, -0.1) is 0 Å². The van der Waals surface area contributed by atoms with Crippen molar-refractivity contribution in [1.82, 2.24) is 0 Å². The van der Waals surface area contributed by atoms with Crippen molar-refractivity contribution in [3.8, 4) is 0 Å². The quantitative estimate of drug-likeness (QED) is 0.864. The van der Waals surface area contributed by atoms with Crippen LogP contribution >= 0.6 is 11.6 Å². The van der Waals surface area contributed by atoms with E-state index in [9.17, 15) is 19.1 Å². The first-order valence-corrected chi connectivity index (χ1v) is 6.70. The third-order valence-corrected chi connectivity index (χ3v) is 3.49. The average Bonchev–Trinajstić information content (AvgIpc) is 2.71. The summed E-state index contributed by atoms with van der Waals surface area (Å²) < 4.78 is 13.0. The van der Waals surface area contributed by atoms with Crippen molar-refractivity contribution in [3.05, 3.63) is 70.7 Å². The number of carbonyl (C=O) groups excluding carboxylic acids is 2. The van der Waals surface area contributed by atoms with E-state index in [-0.39, 0.29) is 16.8 Å². The van der Waals surface area contributed by atoms with Gasteiger partial charge in [0.1, 0.15) is 5.82 Å². The summed E-state index contributed by atoms with van der Waals surface area (Å²) in [4.78, 5) is 25.5. The largest absolute Gasteiger partial charge is 0.502 e. The van der Waals surface area contributed by atoms with Crippen LogP contribution in [0.2, 0.25) is 5.02 Å². The number of halogens is 2. The first kappa shape index (κ1) is 14.3. The van der Waals surface area contributed by atoms with E-state index in [0.717, 1.165) is 17.0 Å². The molecule has 0 spiro atoms. The van der Waals surface area contributed by atoms with Crippen LogP contribution in [0, 0.1) is 5.82 Å². The van der Waals surface area contributed by atoms with E-state index in [4.69, 9.17) is 11.6 Å². The minimum Gasteiger partial charge on any atom is -0.502 e. The second kappa shape index (κ2) is 5.27. The number of imide groups is 1. The third-order valence-electron chi connectivity index (χ3n) is 3.26. The lowest BCUT2D eigenvalue weighted by Crippen LogP contribution is -2.31. The molecule has 0 aliphatic carbocycles. The SMILES string of the molecule is O=C1C(O)=C(c2ccc(F)cc2)C(=O)N1c1cccc(Cl)c1. The van der Waals surface area contributed by atoms with E-state index in [0.29, 0.717) is 5.02 Å². The van der Waals surface area contributed by atoms with Gasteiger partial charge in [0.25, 0.3) is 5.91 Å². The number of rotatable bonds is 2. The van der Waals surface area contributed by atoms with Gasteiger partial charge in [0.05, 0.1) is 11.3 Å². The molecule has 4 nitrogen and oxygen atoms in total. The smallest absolute Gasteiger partial charge is 0.301 e. The van der Waals surface area contributed by atoms with Gasteiger partial charge >= 0.3 is 5.91 Å². The standard InChI is InChI=1S/C16H9ClFNO3/c17-10-2-1-3-12(8-10)19-15(21)13(14(20)16(19)22)9-4-6-11(18)7-5-9/h1-8,20H. The van der Waals surface area contributed by atoms with Crippen LogP contribution in [0.4, 0.5) is 10.1 Å². The number of hydrogen-bond acceptors (Lipinski definition) is 3. The van der Waals surface area contributed by atoms with Crippen LogP contribution in [0.3, 0.4) is 0 Å². The molecule has 2 aromatic carbocycles. The molecule has 3 rings (SSSR count). The Morgan fingerprint density at radius 3 is 2.32 bits per heavy atom. The number of aliphatic hydroxyl groups is 1. The molecule has 1 N–H and O–H groups in total. The van der Waals surface area contributed by atoms with Gasteiger partial charge in [-0.3, -0.25) is 9.59 Å². The minimum atomic E-state index is -0.841. The van der Waals surface area contributed by atoms with Crippen molar-refractivity contribution >= 4 is 34.7 Å². The molecule has 0 atom stereocenters. The second-order valence-electron chi connectivity index (χ2n) is 4.66. The van der Waals surface area contributed by atoms with Gasteiger partial charge in [-0.1, -0.05) is 29.8 Å². The van der Waals surface area contributed by atoms with Crippen LogP contribution in [0.15, 0.2) is 54.3 Å². The molecule has 2 aromatic rings. The Bertz CT molecular complexity index is 814. The Kier molecular flexibility index (Phi) is 3.42. The minimum absolute atomic E-state index is 0.162. The third kappa shape index (κ3) is 2.25. The Balaban J connectivity index is 2.05. The van der Waals surface area contributed by atoms with Crippen LogP contribution in [-0.4, -0.2) is 16.9 Å². The Hall–Kier alpha value is -2.66. The number of benzene rings is 2. The zero-order valence-corrected chi connectivity index (χ0v) is 11.8. The molecule has 0 saturated heterocycles. The monoisotopic (exact) mass is 317 g/mol. The molecule has 0 radical (unpaired) electrons. The maximum atomic E-state index is 13.0. The van der Waals surface area contributed by atoms with Gasteiger partial charge in [0.15, 0.2) is 5.76 Å². The molecule has 0 bridgehead atoms. The highest BCUT2D eigenvalue weighted by atomic mass is 35.5. The van der Waals surface area contributed by atoms with Gasteiger partial charge in [0.2, 0.25) is 0 Å². The summed E-state index contributed by atoms with van der Waals surface area (Å²) in [5.41, 5.74) is 0.359. The van der Waals surface area contributed by atoms with E-state index in [1.807, 2.05) is 0 Å². The van der Waals surface area contributed by atoms with E-state index in [1.54, 1.807) is 12.1 Å². The highest BCUT2D eigenvalue weighted by Gasteiger charge is 2.40. The van der Waals surface area contributed by atoms with Gasteiger partial charge in [-0.05, 0) is 35.9 Å². The van der Waals surface area contributed by atoms with E-state index in [2.05, 4.69) is 0 Å². The van der Waals surface area contributed by atoms with Crippen LogP contribution in [-0.2, 0) is 9.59 Å². The predicted molar refractivity (Wildman–Crippen MR) is 79.9 cm³/mol. The number of nitrogens with zero attached hydrogens (tertiary/aromatic N) is 1. The Morgan fingerprint density at radius 1 is 1.00 bits per heavy atom. The number of carbonyl (C=O) groups is 2. The number of amides is 2. The summed E-state index contributed by atoms with van der Waals surface area (Å²) in [7, 11) is 0. The van der Waals surface area contributed by atoms with Crippen LogP contribution in [0.1, 0.15) is 5.56 Å². The first-order valence-electron chi connectivity index (χ1n) is 6.32. The molecular formula is C16H9ClFNO3. The fraction of sp³-hybridized carbons (Fsp3) is 0. The molecular weight excluding hydrogens is 309 g/mol. The van der Waals surface area contributed by atoms with Crippen LogP contribution in [0.5, 0.6) is 0 Å². The topological polar surface area (TPSA) is 57.6 Å².